The first-order valence-corrected chi connectivity index (χ1v) is 8.84. The molecule has 0 fully saturated rings. The molecular formula is C21H26N2O3. The van der Waals surface area contributed by atoms with Crippen LogP contribution in [0.2, 0.25) is 0 Å². The highest BCUT2D eigenvalue weighted by Gasteiger charge is 2.22. The Hall–Kier alpha value is -2.69. The molecule has 2 aromatic rings. The molecule has 0 saturated carbocycles. The lowest BCUT2D eigenvalue weighted by Gasteiger charge is -2.21. The van der Waals surface area contributed by atoms with E-state index < -0.39 is 5.97 Å². The van der Waals surface area contributed by atoms with Crippen molar-refractivity contribution < 1.29 is 14.3 Å². The van der Waals surface area contributed by atoms with E-state index in [0.717, 1.165) is 18.4 Å². The third kappa shape index (κ3) is 4.10. The summed E-state index contributed by atoms with van der Waals surface area (Å²) < 4.78 is 4.77. The van der Waals surface area contributed by atoms with E-state index in [2.05, 4.69) is 37.9 Å². The van der Waals surface area contributed by atoms with Crippen molar-refractivity contribution in [1.82, 2.24) is 4.98 Å². The van der Waals surface area contributed by atoms with Crippen molar-refractivity contribution in [3.63, 3.8) is 0 Å². The number of benzene rings is 1. The van der Waals surface area contributed by atoms with Crippen LogP contribution < -0.4 is 4.90 Å². The molecular weight excluding hydrogens is 328 g/mol. The van der Waals surface area contributed by atoms with E-state index in [-0.39, 0.29) is 11.6 Å². The maximum absolute atomic E-state index is 12.9. The van der Waals surface area contributed by atoms with Gasteiger partial charge in [0.2, 0.25) is 5.91 Å². The molecule has 0 bridgehead atoms. The summed E-state index contributed by atoms with van der Waals surface area (Å²) in [5.41, 5.74) is 5.28. The normalized spacial score (nSPS) is 10.5. The van der Waals surface area contributed by atoms with Crippen LogP contribution in [0.15, 0.2) is 30.5 Å². The van der Waals surface area contributed by atoms with Gasteiger partial charge in [0.1, 0.15) is 0 Å². The first-order valence-electron chi connectivity index (χ1n) is 8.84. The molecule has 0 saturated heterocycles. The van der Waals surface area contributed by atoms with Crippen molar-refractivity contribution in [3.05, 3.63) is 58.4 Å². The predicted molar refractivity (Wildman–Crippen MR) is 103 cm³/mol. The summed E-state index contributed by atoms with van der Waals surface area (Å²) >= 11 is 0. The fourth-order valence-electron chi connectivity index (χ4n) is 3.16. The number of rotatable bonds is 6. The monoisotopic (exact) mass is 354 g/mol. The molecule has 1 aromatic heterocycles. The minimum absolute atomic E-state index is 0.0867. The highest BCUT2D eigenvalue weighted by atomic mass is 16.5. The number of carbonyl (C=O) groups excluding carboxylic acids is 2. The Morgan fingerprint density at radius 1 is 1.15 bits per heavy atom. The molecule has 0 radical (unpaired) electrons. The molecule has 0 spiro atoms. The summed E-state index contributed by atoms with van der Waals surface area (Å²) in [5, 5.41) is 0. The quantitative estimate of drug-likeness (QED) is 0.745. The van der Waals surface area contributed by atoms with Gasteiger partial charge in [-0.25, -0.2) is 9.78 Å². The lowest BCUT2D eigenvalue weighted by molar-refractivity contribution is -0.117. The number of aromatic nitrogens is 1. The molecule has 0 aliphatic rings. The molecule has 1 aromatic carbocycles. The van der Waals surface area contributed by atoms with Crippen LogP contribution in [0.25, 0.3) is 0 Å². The number of hydrogen-bond donors (Lipinski definition) is 0. The van der Waals surface area contributed by atoms with Gasteiger partial charge in [0.25, 0.3) is 0 Å². The summed E-state index contributed by atoms with van der Waals surface area (Å²) in [7, 11) is 2.97. The number of amides is 1. The predicted octanol–water partition coefficient (Wildman–Crippen LogP) is 3.51. The smallest absolute Gasteiger partial charge is 0.358 e. The SMILES string of the molecule is CCc1cc(C)cc(CC)c1CC(=O)N(C)c1cccnc1C(=O)OC. The number of anilines is 1. The Labute approximate surface area is 155 Å². The average molecular weight is 354 g/mol. The molecule has 26 heavy (non-hydrogen) atoms. The second-order valence-corrected chi connectivity index (χ2v) is 6.26. The van der Waals surface area contributed by atoms with Crippen LogP contribution in [0, 0.1) is 6.92 Å². The van der Waals surface area contributed by atoms with E-state index in [4.69, 9.17) is 4.74 Å². The summed E-state index contributed by atoms with van der Waals surface area (Å²) in [6, 6.07) is 7.69. The molecule has 1 amide bonds. The number of methoxy groups -OCH3 is 1. The van der Waals surface area contributed by atoms with E-state index in [0.29, 0.717) is 12.1 Å². The van der Waals surface area contributed by atoms with Gasteiger partial charge in [-0.3, -0.25) is 4.79 Å². The largest absolute Gasteiger partial charge is 0.464 e. The van der Waals surface area contributed by atoms with Crippen LogP contribution in [0.5, 0.6) is 0 Å². The summed E-state index contributed by atoms with van der Waals surface area (Å²) in [6.45, 7) is 6.28. The fraction of sp³-hybridized carbons (Fsp3) is 0.381. The Morgan fingerprint density at radius 3 is 2.31 bits per heavy atom. The van der Waals surface area contributed by atoms with Gasteiger partial charge in [-0.2, -0.15) is 0 Å². The summed E-state index contributed by atoms with van der Waals surface area (Å²) in [4.78, 5) is 30.4. The Bertz CT molecular complexity index is 790. The van der Waals surface area contributed by atoms with Gasteiger partial charge >= 0.3 is 5.97 Å². The number of esters is 1. The van der Waals surface area contributed by atoms with Crippen molar-refractivity contribution in [1.29, 1.82) is 0 Å². The Morgan fingerprint density at radius 2 is 1.77 bits per heavy atom. The maximum Gasteiger partial charge on any atom is 0.358 e. The van der Waals surface area contributed by atoms with Crippen LogP contribution in [-0.2, 0) is 28.8 Å². The topological polar surface area (TPSA) is 59.5 Å². The highest BCUT2D eigenvalue weighted by molar-refractivity contribution is 6.01. The van der Waals surface area contributed by atoms with Crippen molar-refractivity contribution in [2.45, 2.75) is 40.0 Å². The molecule has 0 unspecified atom stereocenters. The van der Waals surface area contributed by atoms with Crippen molar-refractivity contribution in [2.24, 2.45) is 0 Å². The number of pyridine rings is 1. The van der Waals surface area contributed by atoms with Gasteiger partial charge < -0.3 is 9.64 Å². The van der Waals surface area contributed by atoms with Gasteiger partial charge in [-0.05, 0) is 48.6 Å². The first kappa shape index (κ1) is 19.6. The molecule has 5 heteroatoms. The molecule has 0 atom stereocenters. The van der Waals surface area contributed by atoms with E-state index in [1.54, 1.807) is 19.2 Å². The van der Waals surface area contributed by atoms with Crippen LogP contribution in [0.3, 0.4) is 0 Å². The number of hydrogen-bond acceptors (Lipinski definition) is 4. The number of ether oxygens (including phenoxy) is 1. The van der Waals surface area contributed by atoms with Gasteiger partial charge in [0.05, 0.1) is 19.2 Å². The third-order valence-electron chi connectivity index (χ3n) is 4.57. The summed E-state index contributed by atoms with van der Waals surface area (Å²) in [5.74, 6) is -0.643. The number of aryl methyl sites for hydroxylation is 3. The zero-order valence-electron chi connectivity index (χ0n) is 16.1. The Balaban J connectivity index is 2.36. The minimum Gasteiger partial charge on any atom is -0.464 e. The van der Waals surface area contributed by atoms with Gasteiger partial charge in [0, 0.05) is 13.2 Å². The van der Waals surface area contributed by atoms with Crippen LogP contribution in [0.1, 0.15) is 46.6 Å². The van der Waals surface area contributed by atoms with E-state index >= 15 is 0 Å². The van der Waals surface area contributed by atoms with E-state index in [9.17, 15) is 9.59 Å². The van der Waals surface area contributed by atoms with Crippen molar-refractivity contribution in [2.75, 3.05) is 19.1 Å². The lowest BCUT2D eigenvalue weighted by Crippen LogP contribution is -2.30. The number of nitrogens with zero attached hydrogens (tertiary/aromatic N) is 2. The third-order valence-corrected chi connectivity index (χ3v) is 4.57. The second-order valence-electron chi connectivity index (χ2n) is 6.26. The van der Waals surface area contributed by atoms with Crippen molar-refractivity contribution >= 4 is 17.6 Å². The van der Waals surface area contributed by atoms with E-state index in [1.807, 2.05) is 0 Å². The Kier molecular flexibility index (Phi) is 6.50. The van der Waals surface area contributed by atoms with Gasteiger partial charge in [-0.1, -0.05) is 31.5 Å². The minimum atomic E-state index is -0.556. The zero-order valence-corrected chi connectivity index (χ0v) is 16.1. The van der Waals surface area contributed by atoms with Crippen LogP contribution in [-0.4, -0.2) is 31.0 Å². The molecule has 0 aliphatic heterocycles. The lowest BCUT2D eigenvalue weighted by atomic mass is 9.92. The van der Waals surface area contributed by atoms with Gasteiger partial charge in [0.15, 0.2) is 5.69 Å². The average Bonchev–Trinajstić information content (AvgIpc) is 2.67. The number of carbonyl (C=O) groups is 2. The summed E-state index contributed by atoms with van der Waals surface area (Å²) in [6.07, 6.45) is 3.56. The maximum atomic E-state index is 12.9. The zero-order chi connectivity index (χ0) is 19.3. The van der Waals surface area contributed by atoms with Gasteiger partial charge in [-0.15, -0.1) is 0 Å². The van der Waals surface area contributed by atoms with E-state index in [1.165, 1.54) is 34.9 Å². The molecule has 5 nitrogen and oxygen atoms in total. The van der Waals surface area contributed by atoms with Crippen LogP contribution in [0.4, 0.5) is 5.69 Å². The fourth-order valence-corrected chi connectivity index (χ4v) is 3.16. The molecule has 0 aliphatic carbocycles. The number of likely N-dealkylation sites (N-methyl/N-ethyl adjacent to an activating group) is 1. The first-order chi connectivity index (χ1) is 12.4. The molecule has 138 valence electrons. The van der Waals surface area contributed by atoms with Crippen LogP contribution >= 0.6 is 0 Å². The standard InChI is InChI=1S/C21H26N2O3/c1-6-15-11-14(3)12-16(7-2)17(15)13-19(24)23(4)18-9-8-10-22-20(18)21(25)26-5/h8-12H,6-7,13H2,1-5H3. The molecule has 1 heterocycles. The van der Waals surface area contributed by atoms with Crippen molar-refractivity contribution in [3.8, 4) is 0 Å². The molecule has 2 rings (SSSR count). The molecule has 0 N–H and O–H groups in total. The highest BCUT2D eigenvalue weighted by Crippen LogP contribution is 2.23. The second kappa shape index (κ2) is 8.61.